The van der Waals surface area contributed by atoms with Crippen molar-refractivity contribution in [3.05, 3.63) is 65.5 Å². The highest BCUT2D eigenvalue weighted by Crippen LogP contribution is 2.28. The summed E-state index contributed by atoms with van der Waals surface area (Å²) in [6, 6.07) is 12.3. The van der Waals surface area contributed by atoms with Crippen LogP contribution in [0.15, 0.2) is 48.5 Å². The second-order valence-electron chi connectivity index (χ2n) is 6.55. The molecule has 0 aromatic heterocycles. The molecule has 0 spiro atoms. The van der Waals surface area contributed by atoms with Crippen LogP contribution in [0.25, 0.3) is 0 Å². The maximum atomic E-state index is 13.9. The van der Waals surface area contributed by atoms with E-state index in [2.05, 4.69) is 0 Å². The molecule has 0 bridgehead atoms. The minimum Gasteiger partial charge on any atom is -0.478 e. The molecule has 1 fully saturated rings. The smallest absolute Gasteiger partial charge is 0.335 e. The zero-order valence-corrected chi connectivity index (χ0v) is 14.8. The number of hydrogen-bond donors (Lipinski definition) is 1. The Morgan fingerprint density at radius 1 is 1.19 bits per heavy atom. The van der Waals surface area contributed by atoms with Crippen LogP contribution in [0.1, 0.15) is 22.3 Å². The van der Waals surface area contributed by atoms with Crippen LogP contribution >= 0.6 is 0 Å². The van der Waals surface area contributed by atoms with Gasteiger partial charge in [0.15, 0.2) is 0 Å². The number of carbonyl (C=O) groups is 3. The van der Waals surface area contributed by atoms with Crippen molar-refractivity contribution in [1.29, 1.82) is 0 Å². The lowest BCUT2D eigenvalue weighted by Gasteiger charge is -2.22. The average molecular weight is 370 g/mol. The van der Waals surface area contributed by atoms with Gasteiger partial charge in [0, 0.05) is 26.6 Å². The molecular weight excluding hydrogens is 351 g/mol. The van der Waals surface area contributed by atoms with E-state index < -0.39 is 17.7 Å². The van der Waals surface area contributed by atoms with Gasteiger partial charge in [0.25, 0.3) is 0 Å². The fourth-order valence-electron chi connectivity index (χ4n) is 3.19. The van der Waals surface area contributed by atoms with Crippen molar-refractivity contribution in [3.63, 3.8) is 0 Å². The molecule has 1 saturated heterocycles. The van der Waals surface area contributed by atoms with E-state index in [1.54, 1.807) is 31.3 Å². The number of benzene rings is 2. The predicted octanol–water partition coefficient (Wildman–Crippen LogP) is 2.54. The number of aromatic carboxylic acids is 1. The molecule has 140 valence electrons. The minimum absolute atomic E-state index is 0.0372. The number of para-hydroxylation sites is 1. The van der Waals surface area contributed by atoms with Gasteiger partial charge in [-0.3, -0.25) is 9.59 Å². The van der Waals surface area contributed by atoms with E-state index in [0.29, 0.717) is 6.54 Å². The van der Waals surface area contributed by atoms with Crippen LogP contribution in [-0.2, 0) is 16.1 Å². The van der Waals surface area contributed by atoms with Gasteiger partial charge in [-0.25, -0.2) is 9.18 Å². The number of halogens is 1. The van der Waals surface area contributed by atoms with E-state index in [0.717, 1.165) is 5.56 Å². The second-order valence-corrected chi connectivity index (χ2v) is 6.55. The van der Waals surface area contributed by atoms with Crippen molar-refractivity contribution in [2.75, 3.05) is 18.5 Å². The monoisotopic (exact) mass is 370 g/mol. The molecule has 0 aliphatic carbocycles. The summed E-state index contributed by atoms with van der Waals surface area (Å²) >= 11 is 0. The van der Waals surface area contributed by atoms with Gasteiger partial charge in [0.1, 0.15) is 5.82 Å². The van der Waals surface area contributed by atoms with Gasteiger partial charge in [-0.05, 0) is 29.8 Å². The van der Waals surface area contributed by atoms with Gasteiger partial charge in [-0.15, -0.1) is 0 Å². The number of carbonyl (C=O) groups excluding carboxylic acids is 2. The Hall–Kier alpha value is -3.22. The van der Waals surface area contributed by atoms with Crippen molar-refractivity contribution in [3.8, 4) is 0 Å². The number of anilines is 1. The fraction of sp³-hybridized carbons (Fsp3) is 0.250. The molecule has 27 heavy (non-hydrogen) atoms. The molecule has 1 aliphatic rings. The molecule has 2 aromatic rings. The van der Waals surface area contributed by atoms with Gasteiger partial charge >= 0.3 is 5.97 Å². The summed E-state index contributed by atoms with van der Waals surface area (Å²) in [5, 5.41) is 8.92. The van der Waals surface area contributed by atoms with Crippen LogP contribution in [0.3, 0.4) is 0 Å². The summed E-state index contributed by atoms with van der Waals surface area (Å²) in [5.41, 5.74) is 1.14. The first kappa shape index (κ1) is 18.6. The topological polar surface area (TPSA) is 77.9 Å². The third kappa shape index (κ3) is 3.97. The summed E-state index contributed by atoms with van der Waals surface area (Å²) in [7, 11) is 1.63. The Morgan fingerprint density at radius 2 is 1.85 bits per heavy atom. The molecule has 6 nitrogen and oxygen atoms in total. The molecule has 1 unspecified atom stereocenters. The molecular formula is C20H19FN2O4. The number of amides is 2. The van der Waals surface area contributed by atoms with Crippen LogP contribution in [0.4, 0.5) is 10.1 Å². The highest BCUT2D eigenvalue weighted by Gasteiger charge is 2.37. The number of hydrogen-bond acceptors (Lipinski definition) is 3. The standard InChI is InChI=1S/C20H19FN2O4/c1-22(11-13-6-8-14(9-7-13)20(26)27)19(25)15-10-18(24)23(12-15)17-5-3-2-4-16(17)21/h2-9,15H,10-12H2,1H3,(H,26,27). The average Bonchev–Trinajstić information content (AvgIpc) is 3.03. The molecule has 3 rings (SSSR count). The number of nitrogens with zero attached hydrogens (tertiary/aromatic N) is 2. The predicted molar refractivity (Wildman–Crippen MR) is 96.7 cm³/mol. The van der Waals surface area contributed by atoms with E-state index >= 15 is 0 Å². The summed E-state index contributed by atoms with van der Waals surface area (Å²) < 4.78 is 13.9. The number of carboxylic acid groups (broad SMARTS) is 1. The first-order valence-electron chi connectivity index (χ1n) is 8.49. The first-order chi connectivity index (χ1) is 12.9. The van der Waals surface area contributed by atoms with Crippen molar-refractivity contribution in [1.82, 2.24) is 4.90 Å². The zero-order valence-electron chi connectivity index (χ0n) is 14.8. The molecule has 2 aromatic carbocycles. The summed E-state index contributed by atoms with van der Waals surface area (Å²) in [6.45, 7) is 0.435. The Morgan fingerprint density at radius 3 is 2.48 bits per heavy atom. The second kappa shape index (κ2) is 7.57. The summed E-state index contributed by atoms with van der Waals surface area (Å²) in [4.78, 5) is 38.7. The van der Waals surface area contributed by atoms with Crippen LogP contribution in [0, 0.1) is 11.7 Å². The highest BCUT2D eigenvalue weighted by molar-refractivity contribution is 6.00. The summed E-state index contributed by atoms with van der Waals surface area (Å²) in [6.07, 6.45) is 0.0372. The third-order valence-corrected chi connectivity index (χ3v) is 4.61. The summed E-state index contributed by atoms with van der Waals surface area (Å²) in [5.74, 6) is -2.53. The SMILES string of the molecule is CN(Cc1ccc(C(=O)O)cc1)C(=O)C1CC(=O)N(c2ccccc2F)C1. The van der Waals surface area contributed by atoms with Crippen LogP contribution < -0.4 is 4.90 Å². The van der Waals surface area contributed by atoms with Crippen molar-refractivity contribution >= 4 is 23.5 Å². The Labute approximate surface area is 155 Å². The number of carboxylic acids is 1. The zero-order chi connectivity index (χ0) is 19.6. The molecule has 1 aliphatic heterocycles. The molecule has 1 heterocycles. The van der Waals surface area contributed by atoms with Gasteiger partial charge < -0.3 is 14.9 Å². The molecule has 1 atom stereocenters. The Kier molecular flexibility index (Phi) is 5.21. The quantitative estimate of drug-likeness (QED) is 0.877. The lowest BCUT2D eigenvalue weighted by atomic mass is 10.1. The Balaban J connectivity index is 1.66. The highest BCUT2D eigenvalue weighted by atomic mass is 19.1. The molecule has 0 saturated carbocycles. The lowest BCUT2D eigenvalue weighted by Crippen LogP contribution is -2.34. The normalized spacial score (nSPS) is 16.4. The van der Waals surface area contributed by atoms with Gasteiger partial charge in [0.2, 0.25) is 11.8 Å². The first-order valence-corrected chi connectivity index (χ1v) is 8.49. The maximum Gasteiger partial charge on any atom is 0.335 e. The maximum absolute atomic E-state index is 13.9. The number of rotatable bonds is 5. The lowest BCUT2D eigenvalue weighted by molar-refractivity contribution is -0.135. The van der Waals surface area contributed by atoms with Crippen molar-refractivity contribution < 1.29 is 23.9 Å². The van der Waals surface area contributed by atoms with Crippen LogP contribution in [-0.4, -0.2) is 41.4 Å². The van der Waals surface area contributed by atoms with Crippen molar-refractivity contribution in [2.45, 2.75) is 13.0 Å². The Bertz CT molecular complexity index is 882. The van der Waals surface area contributed by atoms with Gasteiger partial charge in [0.05, 0.1) is 17.2 Å². The van der Waals surface area contributed by atoms with Crippen LogP contribution in [0.5, 0.6) is 0 Å². The van der Waals surface area contributed by atoms with E-state index in [1.165, 1.54) is 34.1 Å². The van der Waals surface area contributed by atoms with Crippen LogP contribution in [0.2, 0.25) is 0 Å². The van der Waals surface area contributed by atoms with E-state index in [-0.39, 0.29) is 36.0 Å². The van der Waals surface area contributed by atoms with Gasteiger partial charge in [-0.2, -0.15) is 0 Å². The molecule has 2 amide bonds. The molecule has 0 radical (unpaired) electrons. The molecule has 7 heteroatoms. The molecule has 1 N–H and O–H groups in total. The largest absolute Gasteiger partial charge is 0.478 e. The fourth-order valence-corrected chi connectivity index (χ4v) is 3.19. The van der Waals surface area contributed by atoms with E-state index in [9.17, 15) is 18.8 Å². The van der Waals surface area contributed by atoms with E-state index in [1.807, 2.05) is 0 Å². The van der Waals surface area contributed by atoms with Crippen molar-refractivity contribution in [2.24, 2.45) is 5.92 Å². The van der Waals surface area contributed by atoms with E-state index in [4.69, 9.17) is 5.11 Å². The van der Waals surface area contributed by atoms with Gasteiger partial charge in [-0.1, -0.05) is 24.3 Å². The minimum atomic E-state index is -1.01. The third-order valence-electron chi connectivity index (χ3n) is 4.61.